The predicted octanol–water partition coefficient (Wildman–Crippen LogP) is 5.53. The Morgan fingerprint density at radius 2 is 1.89 bits per heavy atom. The Morgan fingerprint density at radius 1 is 1.04 bits per heavy atom. The van der Waals surface area contributed by atoms with Gasteiger partial charge >= 0.3 is 0 Å². The zero-order valence-corrected chi connectivity index (χ0v) is 16.4. The van der Waals surface area contributed by atoms with Crippen molar-refractivity contribution >= 4 is 45.9 Å². The van der Waals surface area contributed by atoms with E-state index in [2.05, 4.69) is 20.2 Å². The molecule has 0 amide bonds. The zero-order valence-electron chi connectivity index (χ0n) is 14.0. The molecule has 0 saturated heterocycles. The molecule has 2 aromatic carbocycles. The van der Waals surface area contributed by atoms with Gasteiger partial charge in [-0.3, -0.25) is 10.1 Å². The van der Waals surface area contributed by atoms with E-state index < -0.39 is 0 Å². The molecular weight excluding hydrogens is 403 g/mol. The van der Waals surface area contributed by atoms with E-state index in [0.29, 0.717) is 33.4 Å². The normalized spacial score (nSPS) is 11.0. The van der Waals surface area contributed by atoms with Gasteiger partial charge in [-0.15, -0.1) is 5.10 Å². The SMILES string of the molecule is Clc1ccc(OCc2nc(SCc3c(Cl)ccc4cccnc34)n[nH]2)cc1. The fourth-order valence-electron chi connectivity index (χ4n) is 2.54. The fraction of sp³-hybridized carbons (Fsp3) is 0.105. The Kier molecular flexibility index (Phi) is 5.48. The van der Waals surface area contributed by atoms with Crippen molar-refractivity contribution < 1.29 is 4.74 Å². The Morgan fingerprint density at radius 3 is 2.74 bits per heavy atom. The lowest BCUT2D eigenvalue weighted by atomic mass is 10.1. The van der Waals surface area contributed by atoms with Crippen molar-refractivity contribution in [3.63, 3.8) is 0 Å². The quantitative estimate of drug-likeness (QED) is 0.418. The molecule has 136 valence electrons. The molecule has 0 unspecified atom stereocenters. The van der Waals surface area contributed by atoms with Crippen LogP contribution in [0, 0.1) is 0 Å². The molecule has 1 N–H and O–H groups in total. The number of fused-ring (bicyclic) bond motifs is 1. The van der Waals surface area contributed by atoms with Crippen molar-refractivity contribution in [2.45, 2.75) is 17.5 Å². The van der Waals surface area contributed by atoms with Gasteiger partial charge < -0.3 is 4.74 Å². The van der Waals surface area contributed by atoms with E-state index in [4.69, 9.17) is 27.9 Å². The summed E-state index contributed by atoms with van der Waals surface area (Å²) in [5.41, 5.74) is 1.88. The van der Waals surface area contributed by atoms with Crippen molar-refractivity contribution in [1.82, 2.24) is 20.2 Å². The van der Waals surface area contributed by atoms with Crippen LogP contribution in [-0.4, -0.2) is 20.2 Å². The van der Waals surface area contributed by atoms with E-state index in [0.717, 1.165) is 22.2 Å². The van der Waals surface area contributed by atoms with Crippen molar-refractivity contribution in [2.75, 3.05) is 0 Å². The number of hydrogen-bond donors (Lipinski definition) is 1. The summed E-state index contributed by atoms with van der Waals surface area (Å²) in [6.07, 6.45) is 1.77. The number of ether oxygens (including phenoxy) is 1. The monoisotopic (exact) mass is 416 g/mol. The fourth-order valence-corrected chi connectivity index (χ4v) is 3.82. The maximum atomic E-state index is 6.37. The maximum absolute atomic E-state index is 6.37. The van der Waals surface area contributed by atoms with Crippen LogP contribution in [0.3, 0.4) is 0 Å². The number of hydrogen-bond acceptors (Lipinski definition) is 5. The minimum atomic E-state index is 0.297. The summed E-state index contributed by atoms with van der Waals surface area (Å²) < 4.78 is 5.67. The minimum absolute atomic E-state index is 0.297. The van der Waals surface area contributed by atoms with Crippen molar-refractivity contribution in [3.05, 3.63) is 76.2 Å². The number of benzene rings is 2. The second-order valence-electron chi connectivity index (χ2n) is 5.70. The van der Waals surface area contributed by atoms with Gasteiger partial charge in [0.2, 0.25) is 5.16 Å². The summed E-state index contributed by atoms with van der Waals surface area (Å²) in [5, 5.41) is 10.2. The van der Waals surface area contributed by atoms with Crippen LogP contribution in [0.1, 0.15) is 11.4 Å². The van der Waals surface area contributed by atoms with E-state index in [1.54, 1.807) is 18.3 Å². The van der Waals surface area contributed by atoms with Gasteiger partial charge in [0.25, 0.3) is 0 Å². The second kappa shape index (κ2) is 8.17. The smallest absolute Gasteiger partial charge is 0.208 e. The first-order valence-electron chi connectivity index (χ1n) is 8.13. The molecule has 0 bridgehead atoms. The Hall–Kier alpha value is -2.28. The van der Waals surface area contributed by atoms with Crippen molar-refractivity contribution in [3.8, 4) is 5.75 Å². The number of aromatic amines is 1. The third kappa shape index (κ3) is 4.35. The highest BCUT2D eigenvalue weighted by atomic mass is 35.5. The van der Waals surface area contributed by atoms with Crippen LogP contribution in [-0.2, 0) is 12.4 Å². The molecule has 2 aromatic heterocycles. The van der Waals surface area contributed by atoms with Gasteiger partial charge in [0.15, 0.2) is 5.82 Å². The number of thioether (sulfide) groups is 1. The number of H-pyrrole nitrogens is 1. The topological polar surface area (TPSA) is 63.7 Å². The molecule has 0 fully saturated rings. The van der Waals surface area contributed by atoms with E-state index in [1.807, 2.05) is 36.4 Å². The molecule has 0 radical (unpaired) electrons. The number of rotatable bonds is 6. The summed E-state index contributed by atoms with van der Waals surface area (Å²) >= 11 is 13.7. The predicted molar refractivity (Wildman–Crippen MR) is 108 cm³/mol. The maximum Gasteiger partial charge on any atom is 0.208 e. The summed E-state index contributed by atoms with van der Waals surface area (Å²) in [6.45, 7) is 0.297. The Labute approximate surface area is 170 Å². The third-order valence-electron chi connectivity index (χ3n) is 3.87. The number of halogens is 2. The molecule has 8 heteroatoms. The molecule has 0 aliphatic rings. The van der Waals surface area contributed by atoms with Crippen LogP contribution < -0.4 is 4.74 Å². The first-order chi connectivity index (χ1) is 13.2. The minimum Gasteiger partial charge on any atom is -0.486 e. The van der Waals surface area contributed by atoms with Gasteiger partial charge in [-0.05, 0) is 36.4 Å². The van der Waals surface area contributed by atoms with Crippen molar-refractivity contribution in [1.29, 1.82) is 0 Å². The molecule has 4 aromatic rings. The molecule has 0 aliphatic carbocycles. The van der Waals surface area contributed by atoms with Crippen LogP contribution in [0.15, 0.2) is 59.9 Å². The lowest BCUT2D eigenvalue weighted by molar-refractivity contribution is 0.296. The van der Waals surface area contributed by atoms with E-state index >= 15 is 0 Å². The van der Waals surface area contributed by atoms with E-state index in [9.17, 15) is 0 Å². The first kappa shape index (κ1) is 18.1. The highest BCUT2D eigenvalue weighted by Crippen LogP contribution is 2.30. The van der Waals surface area contributed by atoms with Gasteiger partial charge in [0.05, 0.1) is 5.52 Å². The molecule has 0 spiro atoms. The largest absolute Gasteiger partial charge is 0.486 e. The first-order valence-corrected chi connectivity index (χ1v) is 9.88. The number of aromatic nitrogens is 4. The van der Waals surface area contributed by atoms with Crippen LogP contribution in [0.25, 0.3) is 10.9 Å². The summed E-state index contributed by atoms with van der Waals surface area (Å²) in [7, 11) is 0. The standard InChI is InChI=1S/C19H14Cl2N4OS/c20-13-4-6-14(7-5-13)26-10-17-23-19(25-24-17)27-11-15-16(21)8-3-12-2-1-9-22-18(12)15/h1-9H,10-11H2,(H,23,24,25). The Bertz CT molecular complexity index is 1070. The average molecular weight is 417 g/mol. The Balaban J connectivity index is 1.41. The molecule has 5 nitrogen and oxygen atoms in total. The highest BCUT2D eigenvalue weighted by molar-refractivity contribution is 7.98. The van der Waals surface area contributed by atoms with Crippen LogP contribution in [0.2, 0.25) is 10.0 Å². The summed E-state index contributed by atoms with van der Waals surface area (Å²) in [6, 6.07) is 15.0. The van der Waals surface area contributed by atoms with E-state index in [1.165, 1.54) is 11.8 Å². The lowest BCUT2D eigenvalue weighted by Gasteiger charge is -2.06. The molecule has 0 atom stereocenters. The van der Waals surface area contributed by atoms with Gasteiger partial charge in [-0.2, -0.15) is 0 Å². The van der Waals surface area contributed by atoms with Gasteiger partial charge in [0, 0.05) is 32.9 Å². The molecule has 0 aliphatic heterocycles. The van der Waals surface area contributed by atoms with Crippen LogP contribution in [0.5, 0.6) is 5.75 Å². The number of pyridine rings is 1. The van der Waals surface area contributed by atoms with Gasteiger partial charge in [-0.1, -0.05) is 47.1 Å². The van der Waals surface area contributed by atoms with Gasteiger partial charge in [-0.25, -0.2) is 4.98 Å². The molecule has 0 saturated carbocycles. The average Bonchev–Trinajstić information content (AvgIpc) is 3.15. The molecular formula is C19H14Cl2N4OS. The zero-order chi connectivity index (χ0) is 18.6. The second-order valence-corrected chi connectivity index (χ2v) is 7.48. The van der Waals surface area contributed by atoms with Crippen LogP contribution in [0.4, 0.5) is 0 Å². The number of nitrogens with zero attached hydrogens (tertiary/aromatic N) is 3. The van der Waals surface area contributed by atoms with Crippen molar-refractivity contribution in [2.24, 2.45) is 0 Å². The molecule has 27 heavy (non-hydrogen) atoms. The van der Waals surface area contributed by atoms with Gasteiger partial charge in [0.1, 0.15) is 12.4 Å². The summed E-state index contributed by atoms with van der Waals surface area (Å²) in [4.78, 5) is 8.90. The van der Waals surface area contributed by atoms with E-state index in [-0.39, 0.29) is 0 Å². The highest BCUT2D eigenvalue weighted by Gasteiger charge is 2.11. The lowest BCUT2D eigenvalue weighted by Crippen LogP contribution is -1.97. The summed E-state index contributed by atoms with van der Waals surface area (Å²) in [5.74, 6) is 2.00. The molecule has 2 heterocycles. The third-order valence-corrected chi connectivity index (χ3v) is 5.35. The molecule has 4 rings (SSSR count). The van der Waals surface area contributed by atoms with Crippen LogP contribution >= 0.6 is 35.0 Å². The number of nitrogens with one attached hydrogen (secondary N) is 1.